The molecule has 1 N–H and O–H groups in total. The molecule has 17 heavy (non-hydrogen) atoms. The van der Waals surface area contributed by atoms with E-state index in [1.54, 1.807) is 11.3 Å². The van der Waals surface area contributed by atoms with Crippen LogP contribution in [0.3, 0.4) is 0 Å². The van der Waals surface area contributed by atoms with Gasteiger partial charge in [-0.1, -0.05) is 6.92 Å². The van der Waals surface area contributed by atoms with E-state index in [4.69, 9.17) is 0 Å². The molecule has 1 aromatic rings. The molecule has 1 aromatic heterocycles. The zero-order valence-electron chi connectivity index (χ0n) is 10.6. The Kier molecular flexibility index (Phi) is 3.79. The highest BCUT2D eigenvalue weighted by Gasteiger charge is 2.31. The number of carbonyl (C=O) groups is 1. The maximum Gasteiger partial charge on any atom is 0.227 e. The van der Waals surface area contributed by atoms with Gasteiger partial charge in [0.25, 0.3) is 0 Å². The Morgan fingerprint density at radius 3 is 2.94 bits per heavy atom. The predicted octanol–water partition coefficient (Wildman–Crippen LogP) is 1.27. The zero-order valence-corrected chi connectivity index (χ0v) is 11.4. The molecule has 1 fully saturated rings. The van der Waals surface area contributed by atoms with Crippen molar-refractivity contribution < 1.29 is 4.79 Å². The second-order valence-corrected chi connectivity index (χ2v) is 5.74. The third-order valence-electron chi connectivity index (χ3n) is 3.44. The van der Waals surface area contributed by atoms with Gasteiger partial charge < -0.3 is 10.2 Å². The summed E-state index contributed by atoms with van der Waals surface area (Å²) in [6.07, 6.45) is 0. The highest BCUT2D eigenvalue weighted by molar-refractivity contribution is 7.09. The number of rotatable bonds is 3. The molecule has 1 aliphatic rings. The molecule has 0 radical (unpaired) electrons. The highest BCUT2D eigenvalue weighted by Crippen LogP contribution is 2.20. The molecule has 4 nitrogen and oxygen atoms in total. The van der Waals surface area contributed by atoms with E-state index in [1.165, 1.54) is 4.88 Å². The molecule has 2 rings (SSSR count). The Hall–Kier alpha value is -0.940. The van der Waals surface area contributed by atoms with Gasteiger partial charge in [-0.05, 0) is 19.4 Å². The fourth-order valence-electron chi connectivity index (χ4n) is 2.20. The quantitative estimate of drug-likeness (QED) is 0.882. The summed E-state index contributed by atoms with van der Waals surface area (Å²) < 4.78 is 0. The van der Waals surface area contributed by atoms with E-state index >= 15 is 0 Å². The molecule has 1 aliphatic heterocycles. The lowest BCUT2D eigenvalue weighted by atomic mass is 9.97. The maximum atomic E-state index is 12.3. The Bertz CT molecular complexity index is 404. The standard InChI is InChI=1S/C12H19N3OS/c1-8-4-13-5-10(8)12(16)15(3)6-11-9(2)14-7-17-11/h7-8,10,13H,4-6H2,1-3H3. The largest absolute Gasteiger partial charge is 0.340 e. The van der Waals surface area contributed by atoms with Crippen molar-refractivity contribution in [3.8, 4) is 0 Å². The molecular formula is C12H19N3OS. The third-order valence-corrected chi connectivity index (χ3v) is 4.36. The van der Waals surface area contributed by atoms with Crippen LogP contribution in [0.4, 0.5) is 0 Å². The molecule has 1 saturated heterocycles. The minimum Gasteiger partial charge on any atom is -0.340 e. The van der Waals surface area contributed by atoms with E-state index in [-0.39, 0.29) is 11.8 Å². The average molecular weight is 253 g/mol. The normalized spacial score (nSPS) is 23.9. The molecule has 94 valence electrons. The van der Waals surface area contributed by atoms with Crippen LogP contribution < -0.4 is 5.32 Å². The number of amides is 1. The van der Waals surface area contributed by atoms with Crippen molar-refractivity contribution >= 4 is 17.2 Å². The second-order valence-electron chi connectivity index (χ2n) is 4.80. The van der Waals surface area contributed by atoms with Crippen molar-refractivity contribution in [3.05, 3.63) is 16.1 Å². The minimum absolute atomic E-state index is 0.133. The van der Waals surface area contributed by atoms with Crippen LogP contribution in [-0.4, -0.2) is 35.9 Å². The molecular weight excluding hydrogens is 234 g/mol. The van der Waals surface area contributed by atoms with Crippen molar-refractivity contribution in [2.24, 2.45) is 11.8 Å². The fourth-order valence-corrected chi connectivity index (χ4v) is 3.02. The molecule has 1 amide bonds. The lowest BCUT2D eigenvalue weighted by Crippen LogP contribution is -2.35. The summed E-state index contributed by atoms with van der Waals surface area (Å²) in [6, 6.07) is 0. The van der Waals surface area contributed by atoms with Crippen molar-refractivity contribution in [1.29, 1.82) is 0 Å². The summed E-state index contributed by atoms with van der Waals surface area (Å²) in [5, 5.41) is 3.27. The van der Waals surface area contributed by atoms with Crippen LogP contribution >= 0.6 is 11.3 Å². The molecule has 0 aromatic carbocycles. The summed E-state index contributed by atoms with van der Waals surface area (Å²) in [6.45, 7) is 6.56. The SMILES string of the molecule is Cc1ncsc1CN(C)C(=O)C1CNCC1C. The topological polar surface area (TPSA) is 45.2 Å². The van der Waals surface area contributed by atoms with Gasteiger partial charge in [0.15, 0.2) is 0 Å². The second kappa shape index (κ2) is 5.14. The number of nitrogens with one attached hydrogen (secondary N) is 1. The van der Waals surface area contributed by atoms with E-state index in [9.17, 15) is 4.79 Å². The first-order valence-electron chi connectivity index (χ1n) is 5.94. The van der Waals surface area contributed by atoms with Crippen LogP contribution in [0.5, 0.6) is 0 Å². The van der Waals surface area contributed by atoms with Crippen LogP contribution in [0.1, 0.15) is 17.5 Å². The minimum atomic E-state index is 0.133. The summed E-state index contributed by atoms with van der Waals surface area (Å²) >= 11 is 1.62. The molecule has 0 spiro atoms. The van der Waals surface area contributed by atoms with E-state index < -0.39 is 0 Å². The van der Waals surface area contributed by atoms with Crippen LogP contribution in [0.25, 0.3) is 0 Å². The maximum absolute atomic E-state index is 12.3. The zero-order chi connectivity index (χ0) is 12.4. The predicted molar refractivity (Wildman–Crippen MR) is 68.8 cm³/mol. The number of thiazole rings is 1. The van der Waals surface area contributed by atoms with E-state index in [2.05, 4.69) is 17.2 Å². The first kappa shape index (κ1) is 12.5. The van der Waals surface area contributed by atoms with Crippen molar-refractivity contribution in [3.63, 3.8) is 0 Å². The smallest absolute Gasteiger partial charge is 0.227 e. The first-order valence-corrected chi connectivity index (χ1v) is 6.82. The highest BCUT2D eigenvalue weighted by atomic mass is 32.1. The number of hydrogen-bond acceptors (Lipinski definition) is 4. The van der Waals surface area contributed by atoms with Gasteiger partial charge in [0.1, 0.15) is 0 Å². The monoisotopic (exact) mass is 253 g/mol. The third kappa shape index (κ3) is 2.66. The van der Waals surface area contributed by atoms with Gasteiger partial charge in [-0.2, -0.15) is 0 Å². The molecule has 2 atom stereocenters. The van der Waals surface area contributed by atoms with Crippen molar-refractivity contribution in [2.75, 3.05) is 20.1 Å². The van der Waals surface area contributed by atoms with Gasteiger partial charge in [-0.3, -0.25) is 4.79 Å². The van der Waals surface area contributed by atoms with Crippen LogP contribution in [-0.2, 0) is 11.3 Å². The molecule has 0 aliphatic carbocycles. The number of aryl methyl sites for hydroxylation is 1. The Labute approximate surface area is 106 Å². The molecule has 2 unspecified atom stereocenters. The van der Waals surface area contributed by atoms with Crippen LogP contribution in [0.15, 0.2) is 5.51 Å². The van der Waals surface area contributed by atoms with Gasteiger partial charge >= 0.3 is 0 Å². The molecule has 0 saturated carbocycles. The summed E-state index contributed by atoms with van der Waals surface area (Å²) in [4.78, 5) is 19.5. The van der Waals surface area contributed by atoms with Crippen LogP contribution in [0, 0.1) is 18.8 Å². The molecule has 5 heteroatoms. The fraction of sp³-hybridized carbons (Fsp3) is 0.667. The van der Waals surface area contributed by atoms with Gasteiger partial charge in [0.05, 0.1) is 23.7 Å². The van der Waals surface area contributed by atoms with Gasteiger partial charge in [0, 0.05) is 18.5 Å². The van der Waals surface area contributed by atoms with Crippen LogP contribution in [0.2, 0.25) is 0 Å². The van der Waals surface area contributed by atoms with Crippen molar-refractivity contribution in [2.45, 2.75) is 20.4 Å². The first-order chi connectivity index (χ1) is 8.09. The average Bonchev–Trinajstić information content (AvgIpc) is 2.88. The summed E-state index contributed by atoms with van der Waals surface area (Å²) in [7, 11) is 1.88. The van der Waals surface area contributed by atoms with Gasteiger partial charge in [-0.25, -0.2) is 4.98 Å². The van der Waals surface area contributed by atoms with E-state index in [0.29, 0.717) is 12.5 Å². The summed E-state index contributed by atoms with van der Waals surface area (Å²) in [5.74, 6) is 0.816. The lowest BCUT2D eigenvalue weighted by molar-refractivity contribution is -0.135. The number of nitrogens with zero attached hydrogens (tertiary/aromatic N) is 2. The Balaban J connectivity index is 1.98. The number of carbonyl (C=O) groups excluding carboxylic acids is 1. The lowest BCUT2D eigenvalue weighted by Gasteiger charge is -2.22. The molecule has 2 heterocycles. The van der Waals surface area contributed by atoms with E-state index in [0.717, 1.165) is 18.8 Å². The Morgan fingerprint density at radius 1 is 1.65 bits per heavy atom. The number of aromatic nitrogens is 1. The number of hydrogen-bond donors (Lipinski definition) is 1. The molecule has 0 bridgehead atoms. The Morgan fingerprint density at radius 2 is 2.41 bits per heavy atom. The van der Waals surface area contributed by atoms with Gasteiger partial charge in [-0.15, -0.1) is 11.3 Å². The summed E-state index contributed by atoms with van der Waals surface area (Å²) in [5.41, 5.74) is 2.87. The van der Waals surface area contributed by atoms with E-state index in [1.807, 2.05) is 24.4 Å². The van der Waals surface area contributed by atoms with Crippen molar-refractivity contribution in [1.82, 2.24) is 15.2 Å². The van der Waals surface area contributed by atoms with Gasteiger partial charge in [0.2, 0.25) is 5.91 Å².